The van der Waals surface area contributed by atoms with E-state index in [0.29, 0.717) is 47.7 Å². The number of carbonyl (C=O) groups excluding carboxylic acids is 1. The summed E-state index contributed by atoms with van der Waals surface area (Å²) in [4.78, 5) is 38.6. The molecule has 4 fully saturated rings. The molecule has 2 aliphatic carbocycles. The zero-order valence-corrected chi connectivity index (χ0v) is 45.1. The highest BCUT2D eigenvalue weighted by Gasteiger charge is 2.51. The molecule has 10 heterocycles. The number of aromatic nitrogens is 8. The van der Waals surface area contributed by atoms with Crippen molar-refractivity contribution < 1.29 is 13.2 Å². The number of hydrogen-bond donors (Lipinski definition) is 3. The van der Waals surface area contributed by atoms with Crippen LogP contribution >= 0.6 is 22.7 Å². The largest absolute Gasteiger partial charge is 0.369 e. The van der Waals surface area contributed by atoms with Crippen LogP contribution in [0.25, 0.3) is 54.2 Å². The van der Waals surface area contributed by atoms with Crippen molar-refractivity contribution in [2.75, 3.05) is 45.0 Å². The average molecular weight is 1010 g/mol. The zero-order valence-electron chi connectivity index (χ0n) is 42.6. The van der Waals surface area contributed by atoms with Crippen molar-refractivity contribution >= 4 is 70.1 Å². The molecule has 12 rings (SSSR count). The predicted octanol–water partition coefficient (Wildman–Crippen LogP) is 10.2. The highest BCUT2D eigenvalue weighted by molar-refractivity contribution is 7.90. The van der Waals surface area contributed by atoms with Crippen LogP contribution in [0.15, 0.2) is 24.8 Å². The van der Waals surface area contributed by atoms with Crippen molar-refractivity contribution in [1.29, 1.82) is 0 Å². The Morgan fingerprint density at radius 2 is 1.38 bits per heavy atom. The summed E-state index contributed by atoms with van der Waals surface area (Å²) in [5.41, 5.74) is 21.0. The number of primary amides is 1. The van der Waals surface area contributed by atoms with Crippen LogP contribution in [0.3, 0.4) is 0 Å². The van der Waals surface area contributed by atoms with Crippen molar-refractivity contribution in [3.8, 4) is 22.5 Å². The van der Waals surface area contributed by atoms with Gasteiger partial charge in [-0.2, -0.15) is 10.2 Å². The lowest BCUT2D eigenvalue weighted by molar-refractivity contribution is -0.119. The van der Waals surface area contributed by atoms with Crippen LogP contribution in [0.1, 0.15) is 144 Å². The number of H-pyrrole nitrogens is 2. The smallest absolute Gasteiger partial charge is 0.231 e. The second-order valence-electron chi connectivity index (χ2n) is 23.0. The number of nitrogens with zero attached hydrogens (tertiary/aromatic N) is 8. The molecule has 2 aliphatic heterocycles. The Morgan fingerprint density at radius 3 is 2.00 bits per heavy atom. The maximum Gasteiger partial charge on any atom is 0.231 e. The lowest BCUT2D eigenvalue weighted by Gasteiger charge is -2.45. The van der Waals surface area contributed by atoms with Gasteiger partial charge in [-0.15, -0.1) is 22.7 Å². The maximum absolute atomic E-state index is 13.8. The summed E-state index contributed by atoms with van der Waals surface area (Å²) in [5.74, 6) is 1.72. The summed E-state index contributed by atoms with van der Waals surface area (Å²) in [5, 5.41) is 12.0. The molecule has 17 heteroatoms. The summed E-state index contributed by atoms with van der Waals surface area (Å²) in [6.45, 7) is 24.8. The molecule has 14 nitrogen and oxygen atoms in total. The number of pyridine rings is 2. The van der Waals surface area contributed by atoms with E-state index in [1.54, 1.807) is 10.8 Å². The minimum absolute atomic E-state index is 0.0953. The normalized spacial score (nSPS) is 23.1. The van der Waals surface area contributed by atoms with E-state index < -0.39 is 9.84 Å². The molecule has 2 saturated heterocycles. The van der Waals surface area contributed by atoms with Gasteiger partial charge in [-0.05, 0) is 166 Å². The van der Waals surface area contributed by atoms with Crippen molar-refractivity contribution in [1.82, 2.24) is 49.0 Å². The Bertz CT molecular complexity index is 3570. The Morgan fingerprint density at radius 1 is 0.789 bits per heavy atom. The lowest BCUT2D eigenvalue weighted by atomic mass is 9.60. The topological polar surface area (TPSA) is 176 Å². The molecular weight excluding hydrogens is 947 g/mol. The van der Waals surface area contributed by atoms with Gasteiger partial charge in [-0.25, -0.2) is 27.4 Å². The minimum atomic E-state index is -3.46. The van der Waals surface area contributed by atoms with Gasteiger partial charge in [0.05, 0.1) is 23.7 Å². The Labute approximate surface area is 423 Å². The van der Waals surface area contributed by atoms with Gasteiger partial charge in [0.15, 0.2) is 27.0 Å². The van der Waals surface area contributed by atoms with E-state index in [2.05, 4.69) is 97.5 Å². The summed E-state index contributed by atoms with van der Waals surface area (Å²) < 4.78 is 31.2. The molecule has 0 radical (unpaired) electrons. The molecule has 0 bridgehead atoms. The summed E-state index contributed by atoms with van der Waals surface area (Å²) in [6.07, 6.45) is 12.6. The van der Waals surface area contributed by atoms with Crippen LogP contribution in [-0.4, -0.2) is 108 Å². The molecular formula is C54H67N11O3S3. The quantitative estimate of drug-likeness (QED) is 0.102. The van der Waals surface area contributed by atoms with Crippen LogP contribution in [0.2, 0.25) is 0 Å². The van der Waals surface area contributed by atoms with Gasteiger partial charge in [0.2, 0.25) is 5.91 Å². The van der Waals surface area contributed by atoms with E-state index in [4.69, 9.17) is 15.8 Å². The minimum Gasteiger partial charge on any atom is -0.369 e. The van der Waals surface area contributed by atoms with Gasteiger partial charge >= 0.3 is 0 Å². The van der Waals surface area contributed by atoms with Gasteiger partial charge in [0.1, 0.15) is 21.7 Å². The first kappa shape index (κ1) is 47.1. The van der Waals surface area contributed by atoms with Gasteiger partial charge in [0, 0.05) is 63.7 Å². The Hall–Kier alpha value is -4.94. The van der Waals surface area contributed by atoms with E-state index in [9.17, 15) is 13.2 Å². The van der Waals surface area contributed by atoms with Crippen molar-refractivity contribution in [2.45, 2.75) is 130 Å². The molecule has 8 aromatic rings. The first-order valence-corrected chi connectivity index (χ1v) is 29.1. The molecule has 1 amide bonds. The first-order chi connectivity index (χ1) is 33.8. The van der Waals surface area contributed by atoms with E-state index in [1.165, 1.54) is 69.3 Å². The number of amides is 1. The fourth-order valence-corrected chi connectivity index (χ4v) is 17.7. The van der Waals surface area contributed by atoms with Gasteiger partial charge < -0.3 is 20.6 Å². The Balaban J connectivity index is 0.696. The molecule has 2 spiro atoms. The number of fused-ring (bicyclic) bond motifs is 4. The van der Waals surface area contributed by atoms with E-state index in [1.807, 2.05) is 40.3 Å². The summed E-state index contributed by atoms with van der Waals surface area (Å²) in [7, 11) is -3.46. The number of nitrogens with two attached hydrogens (primary N) is 1. The Kier molecular flexibility index (Phi) is 11.1. The molecule has 0 aromatic carbocycles. The third-order valence-electron chi connectivity index (χ3n) is 17.4. The number of aryl methyl sites for hydroxylation is 4. The van der Waals surface area contributed by atoms with Crippen molar-refractivity contribution in [3.63, 3.8) is 0 Å². The molecule has 4 N–H and O–H groups in total. The van der Waals surface area contributed by atoms with Crippen molar-refractivity contribution in [2.24, 2.45) is 16.6 Å². The highest BCUT2D eigenvalue weighted by atomic mass is 32.2. The standard InChI is InChI=1S/C54H67N11O3S3/c1-28(2)41-43-33(8)47(37-19-54(20-37)11-13-63(26-54)23-39(55)66)69-51(43)59-45(41)35-16-30(5)49-58-40(61-65(49)21-35)24-71(67,68)15-14-62-12-10-53(25-62)17-36(18-53)48-34(9)44-42(29(3)4)46(60-52(44)70-48)38-22-64-50(56-27-57-64)32(7)31(38)6/h16,21-22,27-29,36-37,59-60H,10-15,17-20,23-26H2,1-9H3,(H2,55,66). The van der Waals surface area contributed by atoms with E-state index in [0.717, 1.165) is 92.7 Å². The molecule has 4 aliphatic rings. The number of likely N-dealkylation sites (tertiary alicyclic amines) is 2. The number of hydrogen-bond acceptors (Lipinski definition) is 11. The second kappa shape index (κ2) is 16.8. The van der Waals surface area contributed by atoms with Gasteiger partial charge in [0.25, 0.3) is 0 Å². The number of rotatable bonds is 13. The van der Waals surface area contributed by atoms with Crippen LogP contribution in [-0.2, 0) is 20.4 Å². The fourth-order valence-electron chi connectivity index (χ4n) is 13.9. The number of thiophene rings is 2. The SMILES string of the molecule is Cc1c(-c2[nH]c3sc(C4CC5(CCN(CCS(=O)(=O)Cc6nc7c(C)cc(-c8[nH]c9sc(C%10CC%11(CCN(CC(N)=O)C%11)C%10)c(C)c9c8C(C)C)cn7n6)C5)C4)c(C)c3c2C(C)C)cn2ncnc2c1C. The summed E-state index contributed by atoms with van der Waals surface area (Å²) in [6, 6.07) is 2.16. The third-order valence-corrected chi connectivity index (χ3v) is 21.6. The maximum atomic E-state index is 13.8. The number of sulfone groups is 1. The van der Waals surface area contributed by atoms with Crippen LogP contribution < -0.4 is 5.73 Å². The molecule has 374 valence electrons. The van der Waals surface area contributed by atoms with Crippen LogP contribution in [0.5, 0.6) is 0 Å². The molecule has 8 aromatic heterocycles. The van der Waals surface area contributed by atoms with Gasteiger partial charge in [-0.3, -0.25) is 9.69 Å². The van der Waals surface area contributed by atoms with Crippen LogP contribution in [0, 0.1) is 45.4 Å². The van der Waals surface area contributed by atoms with E-state index >= 15 is 0 Å². The number of nitrogens with one attached hydrogen (secondary N) is 2. The molecule has 71 heavy (non-hydrogen) atoms. The fraction of sp³-hybridized carbons (Fsp3) is 0.537. The molecule has 0 atom stereocenters. The zero-order chi connectivity index (χ0) is 49.6. The van der Waals surface area contributed by atoms with Crippen molar-refractivity contribution in [3.05, 3.63) is 79.3 Å². The average Bonchev–Trinajstić information content (AvgIpc) is 4.15. The monoisotopic (exact) mass is 1010 g/mol. The summed E-state index contributed by atoms with van der Waals surface area (Å²) >= 11 is 3.83. The van der Waals surface area contributed by atoms with Gasteiger partial charge in [-0.1, -0.05) is 27.7 Å². The van der Waals surface area contributed by atoms with E-state index in [-0.39, 0.29) is 28.7 Å². The second-order valence-corrected chi connectivity index (χ2v) is 27.3. The number of aromatic amines is 2. The lowest BCUT2D eigenvalue weighted by Crippen LogP contribution is -2.40. The molecule has 2 saturated carbocycles. The van der Waals surface area contributed by atoms with Crippen LogP contribution in [0.4, 0.5) is 0 Å². The highest BCUT2D eigenvalue weighted by Crippen LogP contribution is 2.60. The predicted molar refractivity (Wildman–Crippen MR) is 286 cm³/mol. The first-order valence-electron chi connectivity index (χ1n) is 25.7. The third kappa shape index (κ3) is 7.81. The number of carbonyl (C=O) groups is 1. The molecule has 0 unspecified atom stereocenters.